The number of piperidine rings is 1. The monoisotopic (exact) mass is 366 g/mol. The van der Waals surface area contributed by atoms with Gasteiger partial charge in [-0.25, -0.2) is 0 Å². The molecule has 2 aromatic rings. The van der Waals surface area contributed by atoms with E-state index in [4.69, 9.17) is 4.74 Å². The Morgan fingerprint density at radius 2 is 1.81 bits per heavy atom. The second-order valence-electron chi connectivity index (χ2n) is 7.84. The molecule has 4 heteroatoms. The minimum atomic E-state index is -0.388. The number of nitrogens with one attached hydrogen (secondary N) is 1. The highest BCUT2D eigenvalue weighted by Crippen LogP contribution is 2.52. The van der Waals surface area contributed by atoms with Crippen LogP contribution in [0.15, 0.2) is 48.5 Å². The van der Waals surface area contributed by atoms with Crippen LogP contribution in [0, 0.1) is 0 Å². The molecular weight excluding hydrogens is 336 g/mol. The van der Waals surface area contributed by atoms with Gasteiger partial charge in [0.25, 0.3) is 0 Å². The smallest absolute Gasteiger partial charge is 0.123 e. The highest BCUT2D eigenvalue weighted by Gasteiger charge is 2.52. The molecule has 0 bridgehead atoms. The van der Waals surface area contributed by atoms with Gasteiger partial charge in [-0.15, -0.1) is 0 Å². The predicted octanol–water partition coefficient (Wildman–Crippen LogP) is 3.25. The minimum absolute atomic E-state index is 0.00832. The van der Waals surface area contributed by atoms with Crippen LogP contribution in [0.1, 0.15) is 42.5 Å². The van der Waals surface area contributed by atoms with E-state index in [9.17, 15) is 5.11 Å². The molecule has 2 aliphatic rings. The first-order valence-corrected chi connectivity index (χ1v) is 10.1. The average molecular weight is 367 g/mol. The predicted molar refractivity (Wildman–Crippen MR) is 108 cm³/mol. The van der Waals surface area contributed by atoms with Crippen LogP contribution in [-0.4, -0.2) is 42.9 Å². The average Bonchev–Trinajstić information content (AvgIpc) is 2.93. The van der Waals surface area contributed by atoms with E-state index in [1.807, 2.05) is 19.1 Å². The number of fused-ring (bicyclic) bond motifs is 2. The number of rotatable bonds is 5. The Kier molecular flexibility index (Phi) is 5.22. The second-order valence-corrected chi connectivity index (χ2v) is 7.84. The fraction of sp³-hybridized carbons (Fsp3) is 0.478. The van der Waals surface area contributed by atoms with Crippen molar-refractivity contribution >= 4 is 0 Å². The molecule has 1 aliphatic heterocycles. The molecule has 4 rings (SSSR count). The molecule has 27 heavy (non-hydrogen) atoms. The van der Waals surface area contributed by atoms with Gasteiger partial charge in [0.05, 0.1) is 18.8 Å². The van der Waals surface area contributed by atoms with Crippen molar-refractivity contribution in [1.82, 2.24) is 10.2 Å². The lowest BCUT2D eigenvalue weighted by atomic mass is 9.72. The largest absolute Gasteiger partial charge is 0.494 e. The van der Waals surface area contributed by atoms with Gasteiger partial charge in [-0.2, -0.15) is 0 Å². The molecule has 0 unspecified atom stereocenters. The lowest BCUT2D eigenvalue weighted by Gasteiger charge is -2.40. The van der Waals surface area contributed by atoms with Crippen molar-refractivity contribution in [2.45, 2.75) is 43.9 Å². The molecule has 1 fully saturated rings. The van der Waals surface area contributed by atoms with Gasteiger partial charge < -0.3 is 15.2 Å². The number of para-hydroxylation sites is 1. The Labute approximate surface area is 162 Å². The van der Waals surface area contributed by atoms with Crippen molar-refractivity contribution in [1.29, 1.82) is 0 Å². The first-order chi connectivity index (χ1) is 13.2. The normalized spacial score (nSPS) is 23.6. The van der Waals surface area contributed by atoms with E-state index in [1.165, 1.54) is 11.1 Å². The number of ether oxygens (including phenoxy) is 1. The highest BCUT2D eigenvalue weighted by atomic mass is 16.5. The van der Waals surface area contributed by atoms with Crippen molar-refractivity contribution in [3.05, 3.63) is 65.2 Å². The van der Waals surface area contributed by atoms with Crippen molar-refractivity contribution < 1.29 is 9.84 Å². The summed E-state index contributed by atoms with van der Waals surface area (Å²) in [5.74, 6) is 0.934. The lowest BCUT2D eigenvalue weighted by molar-refractivity contribution is 0.00399. The van der Waals surface area contributed by atoms with Crippen LogP contribution in [-0.2, 0) is 12.0 Å². The summed E-state index contributed by atoms with van der Waals surface area (Å²) in [6.07, 6.45) is 1.59. The van der Waals surface area contributed by atoms with Gasteiger partial charge in [0, 0.05) is 17.5 Å². The summed E-state index contributed by atoms with van der Waals surface area (Å²) in [6, 6.07) is 16.9. The van der Waals surface area contributed by atoms with Crippen LogP contribution in [0.5, 0.6) is 5.75 Å². The highest BCUT2D eigenvalue weighted by molar-refractivity contribution is 5.45. The van der Waals surface area contributed by atoms with E-state index in [1.54, 1.807) is 0 Å². The summed E-state index contributed by atoms with van der Waals surface area (Å²) < 4.78 is 5.81. The van der Waals surface area contributed by atoms with E-state index in [0.29, 0.717) is 6.61 Å². The van der Waals surface area contributed by atoms with Gasteiger partial charge in [-0.3, -0.25) is 4.90 Å². The molecule has 4 nitrogen and oxygen atoms in total. The number of hydrogen-bond acceptors (Lipinski definition) is 4. The van der Waals surface area contributed by atoms with Gasteiger partial charge in [-0.1, -0.05) is 42.5 Å². The van der Waals surface area contributed by atoms with Crippen LogP contribution in [0.4, 0.5) is 0 Å². The number of hydrogen-bond donors (Lipinski definition) is 2. The van der Waals surface area contributed by atoms with Crippen LogP contribution >= 0.6 is 0 Å². The van der Waals surface area contributed by atoms with Crippen LogP contribution in [0.3, 0.4) is 0 Å². The van der Waals surface area contributed by atoms with Crippen molar-refractivity contribution in [2.24, 2.45) is 0 Å². The topological polar surface area (TPSA) is 44.7 Å². The zero-order valence-corrected chi connectivity index (χ0v) is 16.3. The summed E-state index contributed by atoms with van der Waals surface area (Å²) in [6.45, 7) is 5.36. The number of likely N-dealkylation sites (N-methyl/N-ethyl adjacent to an activating group) is 1. The summed E-state index contributed by atoms with van der Waals surface area (Å²) in [5, 5.41) is 15.0. The van der Waals surface area contributed by atoms with Gasteiger partial charge in [0.1, 0.15) is 5.75 Å². The maximum Gasteiger partial charge on any atom is 0.123 e. The standard InChI is InChI=1S/C23H30N2O2/c1-3-27-20-11-7-4-8-17(20)16-25(2)21-18-9-5-6-10-19(18)23(22(21)26)12-14-24-15-13-23/h4-11,21-22,24,26H,3,12-16H2,1-2H3/t21-,22+/m0/s1. The quantitative estimate of drug-likeness (QED) is 0.853. The Hall–Kier alpha value is -1.88. The Balaban J connectivity index is 1.65. The van der Waals surface area contributed by atoms with Crippen molar-refractivity contribution in [3.63, 3.8) is 0 Å². The number of aliphatic hydroxyl groups excluding tert-OH is 1. The third kappa shape index (κ3) is 3.16. The zero-order chi connectivity index (χ0) is 18.9. The molecule has 2 aromatic carbocycles. The van der Waals surface area contributed by atoms with Crippen molar-refractivity contribution in [2.75, 3.05) is 26.7 Å². The summed E-state index contributed by atoms with van der Waals surface area (Å²) >= 11 is 0. The maximum absolute atomic E-state index is 11.5. The zero-order valence-electron chi connectivity index (χ0n) is 16.3. The minimum Gasteiger partial charge on any atom is -0.494 e. The first-order valence-electron chi connectivity index (χ1n) is 10.1. The van der Waals surface area contributed by atoms with Gasteiger partial charge in [-0.05, 0) is 57.1 Å². The molecule has 2 atom stereocenters. The summed E-state index contributed by atoms with van der Waals surface area (Å²) in [7, 11) is 2.12. The van der Waals surface area contributed by atoms with Crippen LogP contribution in [0.25, 0.3) is 0 Å². The molecule has 0 aromatic heterocycles. The second kappa shape index (κ2) is 7.63. The van der Waals surface area contributed by atoms with E-state index in [-0.39, 0.29) is 17.6 Å². The molecule has 144 valence electrons. The molecule has 1 spiro atoms. The lowest BCUT2D eigenvalue weighted by Crippen LogP contribution is -2.48. The Bertz CT molecular complexity index is 785. The third-order valence-corrected chi connectivity index (χ3v) is 6.34. The fourth-order valence-electron chi connectivity index (χ4n) is 5.05. The number of benzene rings is 2. The summed E-state index contributed by atoms with van der Waals surface area (Å²) in [5.41, 5.74) is 3.66. The van der Waals surface area contributed by atoms with E-state index in [2.05, 4.69) is 53.7 Å². The van der Waals surface area contributed by atoms with Gasteiger partial charge in [0.2, 0.25) is 0 Å². The Morgan fingerprint density at radius 3 is 2.59 bits per heavy atom. The molecule has 0 amide bonds. The third-order valence-electron chi connectivity index (χ3n) is 6.34. The van der Waals surface area contributed by atoms with E-state index >= 15 is 0 Å². The number of aliphatic hydroxyl groups is 1. The number of nitrogens with zero attached hydrogens (tertiary/aromatic N) is 1. The van der Waals surface area contributed by atoms with Crippen LogP contribution < -0.4 is 10.1 Å². The molecule has 1 heterocycles. The molecule has 1 aliphatic carbocycles. The molecular formula is C23H30N2O2. The van der Waals surface area contributed by atoms with E-state index in [0.717, 1.165) is 43.8 Å². The molecule has 2 N–H and O–H groups in total. The Morgan fingerprint density at radius 1 is 1.11 bits per heavy atom. The molecule has 0 radical (unpaired) electrons. The van der Waals surface area contributed by atoms with Crippen molar-refractivity contribution in [3.8, 4) is 5.75 Å². The van der Waals surface area contributed by atoms with Crippen LogP contribution in [0.2, 0.25) is 0 Å². The first kappa shape index (κ1) is 18.5. The SMILES string of the molecule is CCOc1ccccc1CN(C)[C@H]1c2ccccc2C2(CCNCC2)[C@@H]1O. The fourth-order valence-corrected chi connectivity index (χ4v) is 5.05. The maximum atomic E-state index is 11.5. The molecule has 1 saturated heterocycles. The van der Waals surface area contributed by atoms with Gasteiger partial charge >= 0.3 is 0 Å². The summed E-state index contributed by atoms with van der Waals surface area (Å²) in [4.78, 5) is 2.29. The van der Waals surface area contributed by atoms with E-state index < -0.39 is 0 Å². The van der Waals surface area contributed by atoms with Gasteiger partial charge in [0.15, 0.2) is 0 Å². The molecule has 0 saturated carbocycles.